The maximum atomic E-state index is 12.3. The van der Waals surface area contributed by atoms with E-state index in [0.29, 0.717) is 16.4 Å². The normalized spacial score (nSPS) is 10.5. The Kier molecular flexibility index (Phi) is 3.80. The summed E-state index contributed by atoms with van der Waals surface area (Å²) in [5, 5.41) is 7.31. The molecule has 0 radical (unpaired) electrons. The summed E-state index contributed by atoms with van der Waals surface area (Å²) in [6.07, 6.45) is 5.89. The van der Waals surface area contributed by atoms with Gasteiger partial charge in [-0.2, -0.15) is 5.10 Å². The van der Waals surface area contributed by atoms with Crippen LogP contribution in [0.25, 0.3) is 5.69 Å². The van der Waals surface area contributed by atoms with Crippen LogP contribution in [0.15, 0.2) is 43.2 Å². The van der Waals surface area contributed by atoms with Gasteiger partial charge in [0.25, 0.3) is 5.91 Å². The number of carbonyl (C=O) groups is 1. The number of carbonyl (C=O) groups excluding carboxylic acids is 1. The van der Waals surface area contributed by atoms with Gasteiger partial charge in [-0.25, -0.2) is 14.6 Å². The van der Waals surface area contributed by atoms with Crippen molar-refractivity contribution in [2.45, 2.75) is 6.92 Å². The summed E-state index contributed by atoms with van der Waals surface area (Å²) in [6, 6.07) is 5.09. The molecule has 0 aliphatic carbocycles. The van der Waals surface area contributed by atoms with E-state index in [1.807, 2.05) is 0 Å². The topological polar surface area (TPSA) is 85.6 Å². The molecule has 0 aliphatic heterocycles. The SMILES string of the molecule is Cc1cnc(C(=O)Nc2cc(Cl)ccc2-n2cncn2)cn1. The number of amides is 1. The number of aryl methyl sites for hydroxylation is 1. The van der Waals surface area contributed by atoms with Crippen LogP contribution in [0.3, 0.4) is 0 Å². The van der Waals surface area contributed by atoms with Crippen molar-refractivity contribution in [3.63, 3.8) is 0 Å². The van der Waals surface area contributed by atoms with Crippen LogP contribution in [0, 0.1) is 6.92 Å². The van der Waals surface area contributed by atoms with Gasteiger partial charge in [0.2, 0.25) is 0 Å². The van der Waals surface area contributed by atoms with Crippen LogP contribution in [0.1, 0.15) is 16.2 Å². The molecule has 1 amide bonds. The van der Waals surface area contributed by atoms with Gasteiger partial charge in [0.1, 0.15) is 18.3 Å². The van der Waals surface area contributed by atoms with Crippen LogP contribution in [-0.4, -0.2) is 30.6 Å². The van der Waals surface area contributed by atoms with E-state index in [2.05, 4.69) is 25.4 Å². The van der Waals surface area contributed by atoms with Gasteiger partial charge in [-0.05, 0) is 25.1 Å². The van der Waals surface area contributed by atoms with Crippen LogP contribution in [-0.2, 0) is 0 Å². The molecular weight excluding hydrogens is 304 g/mol. The maximum absolute atomic E-state index is 12.3. The van der Waals surface area contributed by atoms with Crippen molar-refractivity contribution in [1.82, 2.24) is 24.7 Å². The lowest BCUT2D eigenvalue weighted by Gasteiger charge is -2.11. The minimum absolute atomic E-state index is 0.218. The van der Waals surface area contributed by atoms with Gasteiger partial charge in [-0.15, -0.1) is 0 Å². The van der Waals surface area contributed by atoms with Crippen LogP contribution in [0.2, 0.25) is 5.02 Å². The van der Waals surface area contributed by atoms with Crippen molar-refractivity contribution in [2.24, 2.45) is 0 Å². The quantitative estimate of drug-likeness (QED) is 0.801. The molecule has 0 saturated heterocycles. The van der Waals surface area contributed by atoms with Crippen molar-refractivity contribution < 1.29 is 4.79 Å². The summed E-state index contributed by atoms with van der Waals surface area (Å²) >= 11 is 6.00. The number of nitrogens with one attached hydrogen (secondary N) is 1. The Morgan fingerprint density at radius 3 is 2.82 bits per heavy atom. The van der Waals surface area contributed by atoms with E-state index in [1.165, 1.54) is 29.7 Å². The number of anilines is 1. The predicted octanol–water partition coefficient (Wildman–Crippen LogP) is 2.27. The molecule has 110 valence electrons. The van der Waals surface area contributed by atoms with Crippen LogP contribution in [0.5, 0.6) is 0 Å². The summed E-state index contributed by atoms with van der Waals surface area (Å²) in [5.41, 5.74) is 2.11. The Balaban J connectivity index is 1.93. The summed E-state index contributed by atoms with van der Waals surface area (Å²) in [5.74, 6) is -0.379. The van der Waals surface area contributed by atoms with E-state index in [0.717, 1.165) is 5.69 Å². The van der Waals surface area contributed by atoms with Crippen LogP contribution in [0.4, 0.5) is 5.69 Å². The van der Waals surface area contributed by atoms with E-state index in [-0.39, 0.29) is 11.6 Å². The van der Waals surface area contributed by atoms with Gasteiger partial charge < -0.3 is 5.32 Å². The minimum Gasteiger partial charge on any atom is -0.319 e. The molecule has 0 atom stereocenters. The van der Waals surface area contributed by atoms with Crippen molar-refractivity contribution in [2.75, 3.05) is 5.32 Å². The average molecular weight is 315 g/mol. The zero-order valence-electron chi connectivity index (χ0n) is 11.6. The number of aromatic nitrogens is 5. The summed E-state index contributed by atoms with van der Waals surface area (Å²) in [6.45, 7) is 1.80. The molecule has 7 nitrogen and oxygen atoms in total. The Bertz CT molecular complexity index is 801. The fourth-order valence-corrected chi connectivity index (χ4v) is 2.01. The number of hydrogen-bond acceptors (Lipinski definition) is 5. The molecule has 0 spiro atoms. The molecule has 3 rings (SSSR count). The Labute approximate surface area is 131 Å². The fourth-order valence-electron chi connectivity index (χ4n) is 1.84. The van der Waals surface area contributed by atoms with Gasteiger partial charge in [-0.1, -0.05) is 11.6 Å². The lowest BCUT2D eigenvalue weighted by molar-refractivity contribution is 0.102. The third-order valence-corrected chi connectivity index (χ3v) is 3.12. The molecule has 0 saturated carbocycles. The second kappa shape index (κ2) is 5.90. The van der Waals surface area contributed by atoms with E-state index in [9.17, 15) is 4.79 Å². The van der Waals surface area contributed by atoms with Crippen LogP contribution >= 0.6 is 11.6 Å². The largest absolute Gasteiger partial charge is 0.319 e. The number of nitrogens with zero attached hydrogens (tertiary/aromatic N) is 5. The molecule has 0 bridgehead atoms. The molecule has 22 heavy (non-hydrogen) atoms. The molecule has 1 N–H and O–H groups in total. The second-order valence-electron chi connectivity index (χ2n) is 4.50. The van der Waals surface area contributed by atoms with E-state index in [4.69, 9.17) is 11.6 Å². The van der Waals surface area contributed by atoms with Gasteiger partial charge in [0, 0.05) is 11.2 Å². The highest BCUT2D eigenvalue weighted by Gasteiger charge is 2.13. The predicted molar refractivity (Wildman–Crippen MR) is 81.1 cm³/mol. The summed E-state index contributed by atoms with van der Waals surface area (Å²) < 4.78 is 1.53. The molecule has 3 aromatic rings. The fraction of sp³-hybridized carbons (Fsp3) is 0.0714. The summed E-state index contributed by atoms with van der Waals surface area (Å²) in [7, 11) is 0. The molecule has 0 aliphatic rings. The molecule has 0 unspecified atom stereocenters. The molecular formula is C14H11ClN6O. The van der Waals surface area contributed by atoms with E-state index in [1.54, 1.807) is 25.1 Å². The Morgan fingerprint density at radius 2 is 2.14 bits per heavy atom. The number of benzene rings is 1. The molecule has 1 aromatic carbocycles. The van der Waals surface area contributed by atoms with Crippen molar-refractivity contribution in [3.05, 3.63) is 59.7 Å². The van der Waals surface area contributed by atoms with Crippen molar-refractivity contribution in [1.29, 1.82) is 0 Å². The highest BCUT2D eigenvalue weighted by atomic mass is 35.5. The number of halogens is 1. The highest BCUT2D eigenvalue weighted by molar-refractivity contribution is 6.31. The third kappa shape index (κ3) is 2.94. The second-order valence-corrected chi connectivity index (χ2v) is 4.94. The van der Waals surface area contributed by atoms with Gasteiger partial charge in [0.05, 0.1) is 23.3 Å². The highest BCUT2D eigenvalue weighted by Crippen LogP contribution is 2.24. The maximum Gasteiger partial charge on any atom is 0.275 e. The first-order valence-corrected chi connectivity index (χ1v) is 6.76. The third-order valence-electron chi connectivity index (χ3n) is 2.89. The van der Waals surface area contributed by atoms with E-state index < -0.39 is 0 Å². The first-order chi connectivity index (χ1) is 10.6. The smallest absolute Gasteiger partial charge is 0.275 e. The molecule has 2 heterocycles. The van der Waals surface area contributed by atoms with E-state index >= 15 is 0 Å². The lowest BCUT2D eigenvalue weighted by atomic mass is 10.2. The van der Waals surface area contributed by atoms with Crippen molar-refractivity contribution >= 4 is 23.2 Å². The molecule has 0 fully saturated rings. The lowest BCUT2D eigenvalue weighted by Crippen LogP contribution is -2.16. The van der Waals surface area contributed by atoms with Crippen LogP contribution < -0.4 is 5.32 Å². The standard InChI is InChI=1S/C14H11ClN6O/c1-9-5-18-12(6-17-9)14(22)20-11-4-10(15)2-3-13(11)21-8-16-7-19-21/h2-8H,1H3,(H,20,22). The molecule has 2 aromatic heterocycles. The Hall–Kier alpha value is -2.80. The van der Waals surface area contributed by atoms with Gasteiger partial charge in [0.15, 0.2) is 0 Å². The first-order valence-electron chi connectivity index (χ1n) is 6.38. The monoisotopic (exact) mass is 314 g/mol. The zero-order chi connectivity index (χ0) is 15.5. The van der Waals surface area contributed by atoms with Gasteiger partial charge >= 0.3 is 0 Å². The Morgan fingerprint density at radius 1 is 1.27 bits per heavy atom. The van der Waals surface area contributed by atoms with Gasteiger partial charge in [-0.3, -0.25) is 9.78 Å². The zero-order valence-corrected chi connectivity index (χ0v) is 12.3. The number of rotatable bonds is 3. The minimum atomic E-state index is -0.379. The number of hydrogen-bond donors (Lipinski definition) is 1. The first kappa shape index (κ1) is 14.2. The summed E-state index contributed by atoms with van der Waals surface area (Å²) in [4.78, 5) is 24.3. The average Bonchev–Trinajstić information content (AvgIpc) is 3.02. The molecule has 8 heteroatoms. The van der Waals surface area contributed by atoms with Crippen molar-refractivity contribution in [3.8, 4) is 5.69 Å².